The van der Waals surface area contributed by atoms with Gasteiger partial charge in [0.1, 0.15) is 5.25 Å². The monoisotopic (exact) mass is 426 g/mol. The minimum atomic E-state index is -0.875. The molecule has 0 spiro atoms. The number of non-ortho nitro benzene ring substituents is 1. The van der Waals surface area contributed by atoms with Crippen LogP contribution >= 0.6 is 11.8 Å². The van der Waals surface area contributed by atoms with Gasteiger partial charge in [-0.25, -0.2) is 15.3 Å². The molecule has 1 unspecified atom stereocenters. The number of nitro groups is 1. The molecule has 1 aromatic heterocycles. The lowest BCUT2D eigenvalue weighted by Crippen LogP contribution is -2.28. The van der Waals surface area contributed by atoms with Crippen LogP contribution in [0.15, 0.2) is 74.3 Å². The van der Waals surface area contributed by atoms with Gasteiger partial charge in [0, 0.05) is 12.1 Å². The maximum absolute atomic E-state index is 12.7. The van der Waals surface area contributed by atoms with Crippen molar-refractivity contribution in [1.29, 1.82) is 0 Å². The van der Waals surface area contributed by atoms with Gasteiger partial charge in [0.15, 0.2) is 5.03 Å². The first-order valence-corrected chi connectivity index (χ1v) is 9.30. The first-order valence-electron chi connectivity index (χ1n) is 8.42. The number of nitro benzene ring substituents is 1. The molecule has 0 bridgehead atoms. The molecule has 3 N–H and O–H groups in total. The van der Waals surface area contributed by atoms with E-state index in [-0.39, 0.29) is 10.7 Å². The summed E-state index contributed by atoms with van der Waals surface area (Å²) < 4.78 is 0. The van der Waals surface area contributed by atoms with E-state index in [1.807, 2.05) is 0 Å². The summed E-state index contributed by atoms with van der Waals surface area (Å²) in [5.41, 5.74) is 1.99. The summed E-state index contributed by atoms with van der Waals surface area (Å²) in [6.07, 6.45) is 1.33. The summed E-state index contributed by atoms with van der Waals surface area (Å²) in [5, 5.41) is 19.4. The maximum Gasteiger partial charge on any atom is 0.342 e. The van der Waals surface area contributed by atoms with Crippen molar-refractivity contribution in [3.05, 3.63) is 96.7 Å². The lowest BCUT2D eigenvalue weighted by atomic mass is 10.1. The van der Waals surface area contributed by atoms with Crippen LogP contribution in [0.1, 0.15) is 16.4 Å². The molecule has 0 aliphatic heterocycles. The molecule has 2 aromatic carbocycles. The molecule has 3 aromatic rings. The zero-order chi connectivity index (χ0) is 21.5. The highest BCUT2D eigenvalue weighted by molar-refractivity contribution is 8.00. The van der Waals surface area contributed by atoms with Crippen LogP contribution in [0.2, 0.25) is 0 Å². The number of nitrogens with one attached hydrogen (secondary N) is 3. The number of benzene rings is 2. The lowest BCUT2D eigenvalue weighted by Gasteiger charge is -2.14. The molecule has 0 saturated carbocycles. The molecule has 0 fully saturated rings. The van der Waals surface area contributed by atoms with Gasteiger partial charge >= 0.3 is 5.69 Å². The van der Waals surface area contributed by atoms with Crippen molar-refractivity contribution in [1.82, 2.24) is 20.6 Å². The van der Waals surface area contributed by atoms with Crippen LogP contribution in [0.3, 0.4) is 0 Å². The summed E-state index contributed by atoms with van der Waals surface area (Å²) in [4.78, 5) is 48.0. The van der Waals surface area contributed by atoms with Crippen molar-refractivity contribution in [2.45, 2.75) is 10.3 Å². The number of aromatic nitrogens is 3. The second kappa shape index (κ2) is 9.43. The Morgan fingerprint density at radius 1 is 1.17 bits per heavy atom. The lowest BCUT2D eigenvalue weighted by molar-refractivity contribution is -0.384. The van der Waals surface area contributed by atoms with Crippen molar-refractivity contribution in [3.8, 4) is 0 Å². The first-order chi connectivity index (χ1) is 14.4. The average Bonchev–Trinajstić information content (AvgIpc) is 2.74. The molecular formula is C18H14N6O5S. The molecule has 11 nitrogen and oxygen atoms in total. The molecule has 0 aliphatic carbocycles. The number of carbonyl (C=O) groups is 1. The predicted molar refractivity (Wildman–Crippen MR) is 109 cm³/mol. The molecule has 0 aliphatic rings. The van der Waals surface area contributed by atoms with Gasteiger partial charge in [-0.3, -0.25) is 24.7 Å². The van der Waals surface area contributed by atoms with Gasteiger partial charge in [-0.15, -0.1) is 0 Å². The van der Waals surface area contributed by atoms with Crippen molar-refractivity contribution in [3.63, 3.8) is 0 Å². The number of carbonyl (C=O) groups excluding carboxylic acids is 1. The third kappa shape index (κ3) is 5.26. The fraction of sp³-hybridized carbons (Fsp3) is 0.0556. The number of rotatable bonds is 7. The Morgan fingerprint density at radius 2 is 1.87 bits per heavy atom. The summed E-state index contributed by atoms with van der Waals surface area (Å²) >= 11 is 0.851. The van der Waals surface area contributed by atoms with Crippen molar-refractivity contribution in [2.75, 3.05) is 0 Å². The van der Waals surface area contributed by atoms with E-state index in [0.29, 0.717) is 11.1 Å². The standard InChI is InChI=1S/C18H14N6O5S/c25-15(21-19-10-11-6-8-13(9-7-11)24(28)29)14(12-4-2-1-3-5-12)30-17-16(26)20-18(27)23-22-17/h1-10,14H,(H,21,25)(H2,20,23,26,27)/b19-10-. The number of thioether (sulfide) groups is 1. The summed E-state index contributed by atoms with van der Waals surface area (Å²) in [5.74, 6) is -0.531. The van der Waals surface area contributed by atoms with Gasteiger partial charge in [0.2, 0.25) is 0 Å². The highest BCUT2D eigenvalue weighted by atomic mass is 32.2. The Balaban J connectivity index is 1.77. The van der Waals surface area contributed by atoms with E-state index >= 15 is 0 Å². The molecule has 152 valence electrons. The zero-order valence-corrected chi connectivity index (χ0v) is 16.0. The van der Waals surface area contributed by atoms with Crippen LogP contribution in [0.5, 0.6) is 0 Å². The van der Waals surface area contributed by atoms with E-state index in [0.717, 1.165) is 11.8 Å². The number of hydrogen-bond acceptors (Lipinski definition) is 8. The summed E-state index contributed by atoms with van der Waals surface area (Å²) in [7, 11) is 0. The molecule has 30 heavy (non-hydrogen) atoms. The molecular weight excluding hydrogens is 412 g/mol. The van der Waals surface area contributed by atoms with Crippen LogP contribution in [-0.2, 0) is 4.79 Å². The largest absolute Gasteiger partial charge is 0.342 e. The Hall–Kier alpha value is -4.06. The average molecular weight is 426 g/mol. The van der Waals surface area contributed by atoms with E-state index < -0.39 is 27.3 Å². The summed E-state index contributed by atoms with van der Waals surface area (Å²) in [6.45, 7) is 0. The van der Waals surface area contributed by atoms with Crippen molar-refractivity contribution >= 4 is 29.6 Å². The third-order valence-electron chi connectivity index (χ3n) is 3.74. The molecule has 1 atom stereocenters. The van der Waals surface area contributed by atoms with Gasteiger partial charge < -0.3 is 0 Å². The fourth-order valence-electron chi connectivity index (χ4n) is 2.34. The zero-order valence-electron chi connectivity index (χ0n) is 15.1. The Labute approximate surface area is 172 Å². The third-order valence-corrected chi connectivity index (χ3v) is 4.96. The van der Waals surface area contributed by atoms with E-state index in [1.54, 1.807) is 30.3 Å². The van der Waals surface area contributed by atoms with Crippen LogP contribution in [0, 0.1) is 10.1 Å². The molecule has 1 amide bonds. The molecule has 1 heterocycles. The van der Waals surface area contributed by atoms with Gasteiger partial charge in [0.25, 0.3) is 17.2 Å². The minimum absolute atomic E-state index is 0.0599. The fourth-order valence-corrected chi connectivity index (χ4v) is 3.27. The SMILES string of the molecule is O=C(N/N=C\c1ccc([N+](=O)[O-])cc1)C(Sc1n[nH]c(=O)[nH]c1=O)c1ccccc1. The summed E-state index contributed by atoms with van der Waals surface area (Å²) in [6, 6.07) is 14.3. The van der Waals surface area contributed by atoms with E-state index in [9.17, 15) is 24.5 Å². The Kier molecular flexibility index (Phi) is 6.49. The number of hydrogen-bond donors (Lipinski definition) is 3. The van der Waals surface area contributed by atoms with E-state index in [2.05, 4.69) is 25.7 Å². The first kappa shape index (κ1) is 20.7. The molecule has 3 rings (SSSR count). The number of H-pyrrole nitrogens is 2. The van der Waals surface area contributed by atoms with E-state index in [1.165, 1.54) is 30.5 Å². The maximum atomic E-state index is 12.7. The van der Waals surface area contributed by atoms with Crippen LogP contribution < -0.4 is 16.7 Å². The minimum Gasteiger partial charge on any atom is -0.271 e. The Bertz CT molecular complexity index is 1190. The smallest absolute Gasteiger partial charge is 0.271 e. The molecule has 0 radical (unpaired) electrons. The second-order valence-electron chi connectivity index (χ2n) is 5.80. The predicted octanol–water partition coefficient (Wildman–Crippen LogP) is 1.35. The molecule has 12 heteroatoms. The number of amides is 1. The van der Waals surface area contributed by atoms with Gasteiger partial charge in [-0.05, 0) is 23.3 Å². The molecule has 0 saturated heterocycles. The second-order valence-corrected chi connectivity index (χ2v) is 6.90. The normalized spacial score (nSPS) is 11.9. The van der Waals surface area contributed by atoms with Gasteiger partial charge in [0.05, 0.1) is 11.1 Å². The number of aromatic amines is 2. The number of hydrazone groups is 1. The van der Waals surface area contributed by atoms with Crippen LogP contribution in [0.4, 0.5) is 5.69 Å². The van der Waals surface area contributed by atoms with Gasteiger partial charge in [-0.1, -0.05) is 42.1 Å². The quantitative estimate of drug-likeness (QED) is 0.222. The number of nitrogens with zero attached hydrogens (tertiary/aromatic N) is 3. The highest BCUT2D eigenvalue weighted by Gasteiger charge is 2.24. The van der Waals surface area contributed by atoms with Crippen molar-refractivity contribution in [2.24, 2.45) is 5.10 Å². The van der Waals surface area contributed by atoms with Crippen molar-refractivity contribution < 1.29 is 9.72 Å². The topological polar surface area (TPSA) is 163 Å². The van der Waals surface area contributed by atoms with Crippen LogP contribution in [-0.4, -0.2) is 32.2 Å². The Morgan fingerprint density at radius 3 is 2.50 bits per heavy atom. The van der Waals surface area contributed by atoms with Gasteiger partial charge in [-0.2, -0.15) is 10.2 Å². The van der Waals surface area contributed by atoms with Crippen LogP contribution in [0.25, 0.3) is 0 Å². The van der Waals surface area contributed by atoms with E-state index in [4.69, 9.17) is 0 Å². The highest BCUT2D eigenvalue weighted by Crippen LogP contribution is 2.32.